The molecule has 3 aromatic rings. The van der Waals surface area contributed by atoms with Gasteiger partial charge in [-0.05, 0) is 35.9 Å². The van der Waals surface area contributed by atoms with Gasteiger partial charge in [-0.15, -0.1) is 0 Å². The molecular formula is C18H13Cl2NO4. The molecule has 3 rings (SSSR count). The summed E-state index contributed by atoms with van der Waals surface area (Å²) in [6.07, 6.45) is 0. The van der Waals surface area contributed by atoms with Crippen molar-refractivity contribution >= 4 is 40.1 Å². The quantitative estimate of drug-likeness (QED) is 0.696. The molecule has 0 spiro atoms. The average Bonchev–Trinajstić information content (AvgIpc) is 2.60. The van der Waals surface area contributed by atoms with Crippen LogP contribution in [-0.4, -0.2) is 13.0 Å². The van der Waals surface area contributed by atoms with Crippen LogP contribution < -0.4 is 15.7 Å². The molecule has 0 fully saturated rings. The number of fused-ring (bicyclic) bond motifs is 1. The van der Waals surface area contributed by atoms with E-state index in [9.17, 15) is 9.59 Å². The molecule has 1 heterocycles. The molecule has 7 heteroatoms. The van der Waals surface area contributed by atoms with E-state index in [1.54, 1.807) is 25.3 Å². The number of rotatable bonds is 4. The standard InChI is InChI=1S/C18H13Cl2NO4/c1-24-13-4-2-10(3-5-13)9-21-17(22)14-7-11-6-12(19)8-15(20)16(11)25-18(14)23/h2-8H,9H2,1H3,(H,21,22). The van der Waals surface area contributed by atoms with Gasteiger partial charge in [0.2, 0.25) is 0 Å². The van der Waals surface area contributed by atoms with Crippen LogP contribution in [0.2, 0.25) is 10.0 Å². The highest BCUT2D eigenvalue weighted by molar-refractivity contribution is 6.38. The first-order valence-electron chi connectivity index (χ1n) is 7.32. The number of benzene rings is 2. The van der Waals surface area contributed by atoms with Crippen molar-refractivity contribution in [2.45, 2.75) is 6.54 Å². The van der Waals surface area contributed by atoms with Gasteiger partial charge in [0.05, 0.1) is 12.1 Å². The van der Waals surface area contributed by atoms with E-state index in [1.807, 2.05) is 12.1 Å². The minimum atomic E-state index is -0.760. The first kappa shape index (κ1) is 17.3. The fourth-order valence-electron chi connectivity index (χ4n) is 2.34. The Bertz CT molecular complexity index is 996. The number of ether oxygens (including phenoxy) is 1. The predicted octanol–water partition coefficient (Wildman–Crippen LogP) is 4.04. The summed E-state index contributed by atoms with van der Waals surface area (Å²) in [4.78, 5) is 24.4. The van der Waals surface area contributed by atoms with Gasteiger partial charge in [0.15, 0.2) is 5.58 Å². The highest BCUT2D eigenvalue weighted by atomic mass is 35.5. The lowest BCUT2D eigenvalue weighted by molar-refractivity contribution is 0.0947. The third-order valence-electron chi connectivity index (χ3n) is 3.61. The molecule has 1 aromatic heterocycles. The normalized spacial score (nSPS) is 10.7. The molecule has 0 aliphatic rings. The predicted molar refractivity (Wildman–Crippen MR) is 96.7 cm³/mol. The van der Waals surface area contributed by atoms with E-state index in [2.05, 4.69) is 5.32 Å². The topological polar surface area (TPSA) is 68.5 Å². The van der Waals surface area contributed by atoms with Gasteiger partial charge in [0, 0.05) is 17.0 Å². The van der Waals surface area contributed by atoms with Crippen molar-refractivity contribution in [3.63, 3.8) is 0 Å². The number of carbonyl (C=O) groups is 1. The molecule has 0 unspecified atom stereocenters. The Kier molecular flexibility index (Phi) is 4.97. The lowest BCUT2D eigenvalue weighted by Gasteiger charge is -2.07. The Hall–Kier alpha value is -2.50. The smallest absolute Gasteiger partial charge is 0.349 e. The van der Waals surface area contributed by atoms with Crippen LogP contribution in [-0.2, 0) is 6.54 Å². The highest BCUT2D eigenvalue weighted by Crippen LogP contribution is 2.27. The Morgan fingerprint density at radius 3 is 2.56 bits per heavy atom. The van der Waals surface area contributed by atoms with Crippen LogP contribution in [0.5, 0.6) is 5.75 Å². The molecule has 0 radical (unpaired) electrons. The van der Waals surface area contributed by atoms with E-state index in [-0.39, 0.29) is 22.7 Å². The number of hydrogen-bond acceptors (Lipinski definition) is 4. The Morgan fingerprint density at radius 1 is 1.16 bits per heavy atom. The fraction of sp³-hybridized carbons (Fsp3) is 0.111. The minimum Gasteiger partial charge on any atom is -0.497 e. The van der Waals surface area contributed by atoms with Crippen molar-refractivity contribution in [1.29, 1.82) is 0 Å². The van der Waals surface area contributed by atoms with Crippen LogP contribution in [0.4, 0.5) is 0 Å². The van der Waals surface area contributed by atoms with Gasteiger partial charge in [-0.3, -0.25) is 4.79 Å². The van der Waals surface area contributed by atoms with E-state index in [0.29, 0.717) is 10.4 Å². The second kappa shape index (κ2) is 7.17. The zero-order chi connectivity index (χ0) is 18.0. The van der Waals surface area contributed by atoms with Crippen LogP contribution in [0, 0.1) is 0 Å². The third kappa shape index (κ3) is 3.78. The van der Waals surface area contributed by atoms with Crippen molar-refractivity contribution in [3.05, 3.63) is 74.1 Å². The minimum absolute atomic E-state index is 0.112. The van der Waals surface area contributed by atoms with Gasteiger partial charge in [-0.1, -0.05) is 35.3 Å². The van der Waals surface area contributed by atoms with Crippen molar-refractivity contribution in [3.8, 4) is 5.75 Å². The molecule has 1 N–H and O–H groups in total. The molecule has 0 saturated heterocycles. The summed E-state index contributed by atoms with van der Waals surface area (Å²) in [6.45, 7) is 0.261. The molecule has 0 atom stereocenters. The van der Waals surface area contributed by atoms with E-state index in [4.69, 9.17) is 32.4 Å². The van der Waals surface area contributed by atoms with Gasteiger partial charge in [0.1, 0.15) is 11.3 Å². The van der Waals surface area contributed by atoms with Crippen LogP contribution in [0.25, 0.3) is 11.0 Å². The summed E-state index contributed by atoms with van der Waals surface area (Å²) in [6, 6.07) is 11.7. The fourth-order valence-corrected chi connectivity index (χ4v) is 2.88. The second-order valence-electron chi connectivity index (χ2n) is 5.28. The molecule has 2 aromatic carbocycles. The lowest BCUT2D eigenvalue weighted by atomic mass is 10.1. The highest BCUT2D eigenvalue weighted by Gasteiger charge is 2.15. The Morgan fingerprint density at radius 2 is 1.88 bits per heavy atom. The van der Waals surface area contributed by atoms with Crippen LogP contribution in [0.15, 0.2) is 51.7 Å². The van der Waals surface area contributed by atoms with E-state index in [1.165, 1.54) is 12.1 Å². The van der Waals surface area contributed by atoms with Crippen molar-refractivity contribution in [2.24, 2.45) is 0 Å². The number of nitrogens with one attached hydrogen (secondary N) is 1. The summed E-state index contributed by atoms with van der Waals surface area (Å²) in [5.41, 5.74) is 0.191. The monoisotopic (exact) mass is 377 g/mol. The van der Waals surface area contributed by atoms with E-state index < -0.39 is 11.5 Å². The van der Waals surface area contributed by atoms with Gasteiger partial charge in [-0.25, -0.2) is 4.79 Å². The number of amides is 1. The summed E-state index contributed by atoms with van der Waals surface area (Å²) in [5.74, 6) is 0.182. The zero-order valence-corrected chi connectivity index (χ0v) is 14.6. The van der Waals surface area contributed by atoms with Crippen molar-refractivity contribution < 1.29 is 13.9 Å². The SMILES string of the molecule is COc1ccc(CNC(=O)c2cc3cc(Cl)cc(Cl)c3oc2=O)cc1. The summed E-state index contributed by atoms with van der Waals surface area (Å²) < 4.78 is 10.2. The summed E-state index contributed by atoms with van der Waals surface area (Å²) in [5, 5.41) is 3.76. The molecule has 0 bridgehead atoms. The third-order valence-corrected chi connectivity index (χ3v) is 4.11. The van der Waals surface area contributed by atoms with Gasteiger partial charge >= 0.3 is 5.63 Å². The van der Waals surface area contributed by atoms with Gasteiger partial charge in [0.25, 0.3) is 5.91 Å². The molecule has 25 heavy (non-hydrogen) atoms. The first-order valence-corrected chi connectivity index (χ1v) is 8.07. The van der Waals surface area contributed by atoms with Gasteiger partial charge < -0.3 is 14.5 Å². The first-order chi connectivity index (χ1) is 12.0. The van der Waals surface area contributed by atoms with E-state index in [0.717, 1.165) is 11.3 Å². The molecule has 0 aliphatic heterocycles. The Labute approximate surface area is 153 Å². The van der Waals surface area contributed by atoms with Crippen LogP contribution in [0.1, 0.15) is 15.9 Å². The number of halogens is 2. The van der Waals surface area contributed by atoms with Crippen LogP contribution in [0.3, 0.4) is 0 Å². The number of methoxy groups -OCH3 is 1. The molecular weight excluding hydrogens is 365 g/mol. The number of hydrogen-bond donors (Lipinski definition) is 1. The molecule has 1 amide bonds. The summed E-state index contributed by atoms with van der Waals surface area (Å²) >= 11 is 12.0. The molecule has 0 aliphatic carbocycles. The maximum absolute atomic E-state index is 12.3. The van der Waals surface area contributed by atoms with Crippen molar-refractivity contribution in [2.75, 3.05) is 7.11 Å². The zero-order valence-electron chi connectivity index (χ0n) is 13.1. The molecule has 0 saturated carbocycles. The van der Waals surface area contributed by atoms with E-state index >= 15 is 0 Å². The largest absolute Gasteiger partial charge is 0.497 e. The maximum atomic E-state index is 12.3. The molecule has 128 valence electrons. The van der Waals surface area contributed by atoms with Gasteiger partial charge in [-0.2, -0.15) is 0 Å². The number of carbonyl (C=O) groups excluding carboxylic acids is 1. The lowest BCUT2D eigenvalue weighted by Crippen LogP contribution is -2.27. The maximum Gasteiger partial charge on any atom is 0.349 e. The Balaban J connectivity index is 1.83. The molecule has 5 nitrogen and oxygen atoms in total. The second-order valence-corrected chi connectivity index (χ2v) is 6.13. The average molecular weight is 378 g/mol. The van der Waals surface area contributed by atoms with Crippen molar-refractivity contribution in [1.82, 2.24) is 5.32 Å². The summed E-state index contributed by atoms with van der Waals surface area (Å²) in [7, 11) is 1.58. The van der Waals surface area contributed by atoms with Crippen LogP contribution >= 0.6 is 23.2 Å².